The monoisotopic (exact) mass is 158 g/mol. The van der Waals surface area contributed by atoms with Gasteiger partial charge >= 0.3 is 5.97 Å². The molecule has 0 aromatic heterocycles. The number of ether oxygens (including phenoxy) is 2. The van der Waals surface area contributed by atoms with Crippen LogP contribution in [0, 0.1) is 0 Å². The van der Waals surface area contributed by atoms with E-state index in [4.69, 9.17) is 9.84 Å². The summed E-state index contributed by atoms with van der Waals surface area (Å²) in [6.45, 7) is 0.265. The summed E-state index contributed by atoms with van der Waals surface area (Å²) >= 11 is 0. The van der Waals surface area contributed by atoms with Crippen LogP contribution in [0.5, 0.6) is 0 Å². The third kappa shape index (κ3) is 1.51. The summed E-state index contributed by atoms with van der Waals surface area (Å²) in [5.41, 5.74) is 0.736. The molecule has 4 heteroatoms. The van der Waals surface area contributed by atoms with E-state index in [1.165, 1.54) is 7.11 Å². The largest absolute Gasteiger partial charge is 0.490 e. The van der Waals surface area contributed by atoms with Gasteiger partial charge in [0, 0.05) is 12.2 Å². The molecule has 0 radical (unpaired) electrons. The summed E-state index contributed by atoms with van der Waals surface area (Å²) in [4.78, 5) is 10.8. The highest BCUT2D eigenvalue weighted by molar-refractivity contribution is 5.89. The highest BCUT2D eigenvalue weighted by atomic mass is 16.6. The van der Waals surface area contributed by atoms with E-state index in [9.17, 15) is 4.79 Å². The molecular formula is C7H10O4. The number of aliphatic hydroxyl groups is 1. The van der Waals surface area contributed by atoms with Gasteiger partial charge in [-0.05, 0) is 6.42 Å². The number of esters is 1. The van der Waals surface area contributed by atoms with Crippen LogP contribution in [0.4, 0.5) is 0 Å². The maximum absolute atomic E-state index is 10.8. The number of hydrogen-bond donors (Lipinski definition) is 1. The molecular weight excluding hydrogens is 148 g/mol. The first-order valence-electron chi connectivity index (χ1n) is 3.33. The second kappa shape index (κ2) is 3.39. The lowest BCUT2D eigenvalue weighted by atomic mass is 10.2. The summed E-state index contributed by atoms with van der Waals surface area (Å²) < 4.78 is 9.45. The van der Waals surface area contributed by atoms with Crippen molar-refractivity contribution >= 4 is 5.97 Å². The molecule has 0 bridgehead atoms. The number of hydrogen-bond acceptors (Lipinski definition) is 4. The lowest BCUT2D eigenvalue weighted by Crippen LogP contribution is -2.00. The van der Waals surface area contributed by atoms with Gasteiger partial charge in [-0.25, -0.2) is 4.79 Å². The first-order chi connectivity index (χ1) is 5.29. The van der Waals surface area contributed by atoms with Crippen LogP contribution in [0.1, 0.15) is 6.42 Å². The van der Waals surface area contributed by atoms with Gasteiger partial charge in [0.1, 0.15) is 6.61 Å². The van der Waals surface area contributed by atoms with Gasteiger partial charge in [0.15, 0.2) is 0 Å². The number of rotatable bonds is 3. The maximum atomic E-state index is 10.8. The first kappa shape index (κ1) is 8.07. The fourth-order valence-corrected chi connectivity index (χ4v) is 0.976. The highest BCUT2D eigenvalue weighted by Crippen LogP contribution is 2.18. The molecule has 0 saturated heterocycles. The third-order valence-corrected chi connectivity index (χ3v) is 1.50. The number of cyclic esters (lactones) is 1. The minimum Gasteiger partial charge on any atom is -0.490 e. The second-order valence-electron chi connectivity index (χ2n) is 2.19. The fourth-order valence-electron chi connectivity index (χ4n) is 0.976. The number of carbonyl (C=O) groups excluding carboxylic acids is 1. The summed E-state index contributed by atoms with van der Waals surface area (Å²) in [6.07, 6.45) is 0.439. The van der Waals surface area contributed by atoms with Gasteiger partial charge in [0.2, 0.25) is 5.76 Å². The summed E-state index contributed by atoms with van der Waals surface area (Å²) in [5.74, 6) is -0.185. The van der Waals surface area contributed by atoms with Gasteiger partial charge in [-0.3, -0.25) is 0 Å². The number of methoxy groups -OCH3 is 1. The van der Waals surface area contributed by atoms with E-state index in [0.717, 1.165) is 5.57 Å². The topological polar surface area (TPSA) is 55.8 Å². The lowest BCUT2D eigenvalue weighted by molar-refractivity contribution is -0.138. The molecule has 1 N–H and O–H groups in total. The van der Waals surface area contributed by atoms with Crippen LogP contribution < -0.4 is 0 Å². The van der Waals surface area contributed by atoms with Crippen molar-refractivity contribution in [1.82, 2.24) is 0 Å². The summed E-state index contributed by atoms with van der Waals surface area (Å²) in [6, 6.07) is 0. The van der Waals surface area contributed by atoms with Gasteiger partial charge in [-0.2, -0.15) is 0 Å². The van der Waals surface area contributed by atoms with Gasteiger partial charge < -0.3 is 14.6 Å². The van der Waals surface area contributed by atoms with Crippen molar-refractivity contribution in [2.45, 2.75) is 6.42 Å². The Hall–Kier alpha value is -1.03. The Morgan fingerprint density at radius 2 is 2.45 bits per heavy atom. The minimum atomic E-state index is -0.434. The van der Waals surface area contributed by atoms with Gasteiger partial charge in [0.05, 0.1) is 7.11 Å². The minimum absolute atomic E-state index is 0.0127. The zero-order chi connectivity index (χ0) is 8.27. The molecule has 0 saturated carbocycles. The molecule has 0 aromatic carbocycles. The van der Waals surface area contributed by atoms with Crippen molar-refractivity contribution in [2.24, 2.45) is 0 Å². The molecule has 1 heterocycles. The fraction of sp³-hybridized carbons (Fsp3) is 0.571. The van der Waals surface area contributed by atoms with Crippen molar-refractivity contribution in [3.05, 3.63) is 11.3 Å². The molecule has 0 unspecified atom stereocenters. The molecule has 4 nitrogen and oxygen atoms in total. The Kier molecular flexibility index (Phi) is 2.48. The summed E-state index contributed by atoms with van der Waals surface area (Å²) in [5, 5.41) is 8.57. The van der Waals surface area contributed by atoms with Crippen LogP contribution in [0.25, 0.3) is 0 Å². The van der Waals surface area contributed by atoms with Gasteiger partial charge in [-0.15, -0.1) is 0 Å². The molecule has 0 spiro atoms. The normalized spacial score (nSPS) is 17.1. The van der Waals surface area contributed by atoms with Crippen LogP contribution in [0.15, 0.2) is 11.3 Å². The van der Waals surface area contributed by atoms with E-state index < -0.39 is 5.97 Å². The van der Waals surface area contributed by atoms with E-state index in [2.05, 4.69) is 4.74 Å². The average molecular weight is 158 g/mol. The first-order valence-corrected chi connectivity index (χ1v) is 3.33. The molecule has 0 aromatic rings. The lowest BCUT2D eigenvalue weighted by Gasteiger charge is -1.97. The van der Waals surface area contributed by atoms with Crippen LogP contribution in [0.3, 0.4) is 0 Å². The van der Waals surface area contributed by atoms with Gasteiger partial charge in [0.25, 0.3) is 0 Å². The van der Waals surface area contributed by atoms with Crippen molar-refractivity contribution < 1.29 is 19.4 Å². The molecule has 0 fully saturated rings. The Labute approximate surface area is 64.4 Å². The Morgan fingerprint density at radius 1 is 1.73 bits per heavy atom. The van der Waals surface area contributed by atoms with Crippen LogP contribution in [-0.2, 0) is 14.3 Å². The third-order valence-electron chi connectivity index (χ3n) is 1.50. The molecule has 0 aliphatic carbocycles. The number of aliphatic hydroxyl groups excluding tert-OH is 1. The van der Waals surface area contributed by atoms with Gasteiger partial charge in [-0.1, -0.05) is 0 Å². The van der Waals surface area contributed by atoms with Crippen LogP contribution >= 0.6 is 0 Å². The molecule has 1 aliphatic rings. The van der Waals surface area contributed by atoms with Crippen molar-refractivity contribution in [1.29, 1.82) is 0 Å². The standard InChI is InChI=1S/C7H10O4/c1-10-6-5(2-3-8)4-11-7(6)9/h8H,2-4H2,1H3. The van der Waals surface area contributed by atoms with Crippen molar-refractivity contribution in [2.75, 3.05) is 20.3 Å². The van der Waals surface area contributed by atoms with Crippen molar-refractivity contribution in [3.8, 4) is 0 Å². The zero-order valence-electron chi connectivity index (χ0n) is 6.29. The number of carbonyl (C=O) groups is 1. The van der Waals surface area contributed by atoms with E-state index in [0.29, 0.717) is 6.42 Å². The van der Waals surface area contributed by atoms with Crippen LogP contribution in [0.2, 0.25) is 0 Å². The second-order valence-corrected chi connectivity index (χ2v) is 2.19. The molecule has 1 rings (SSSR count). The van der Waals surface area contributed by atoms with E-state index >= 15 is 0 Å². The molecule has 11 heavy (non-hydrogen) atoms. The molecule has 0 atom stereocenters. The average Bonchev–Trinajstić information content (AvgIpc) is 2.33. The highest BCUT2D eigenvalue weighted by Gasteiger charge is 2.24. The predicted molar refractivity (Wildman–Crippen MR) is 36.7 cm³/mol. The Balaban J connectivity index is 2.71. The predicted octanol–water partition coefficient (Wildman–Crippen LogP) is -0.174. The summed E-state index contributed by atoms with van der Waals surface area (Å²) in [7, 11) is 1.42. The maximum Gasteiger partial charge on any atom is 0.373 e. The van der Waals surface area contributed by atoms with E-state index in [1.807, 2.05) is 0 Å². The molecule has 1 aliphatic heterocycles. The van der Waals surface area contributed by atoms with E-state index in [1.54, 1.807) is 0 Å². The smallest absolute Gasteiger partial charge is 0.373 e. The Bertz CT molecular complexity index is 195. The zero-order valence-corrected chi connectivity index (χ0v) is 6.29. The van der Waals surface area contributed by atoms with Crippen LogP contribution in [-0.4, -0.2) is 31.4 Å². The van der Waals surface area contributed by atoms with E-state index in [-0.39, 0.29) is 19.0 Å². The Morgan fingerprint density at radius 3 is 3.00 bits per heavy atom. The molecule has 62 valence electrons. The van der Waals surface area contributed by atoms with Crippen molar-refractivity contribution in [3.63, 3.8) is 0 Å². The SMILES string of the molecule is COC1=C(CCO)COC1=O. The molecule has 0 amide bonds. The quantitative estimate of drug-likeness (QED) is 0.579.